The van der Waals surface area contributed by atoms with E-state index in [1.807, 2.05) is 12.1 Å². The molecule has 0 saturated heterocycles. The Kier molecular flexibility index (Phi) is 5.81. The van der Waals surface area contributed by atoms with E-state index < -0.39 is 0 Å². The molecule has 1 aromatic carbocycles. The minimum atomic E-state index is -0.243. The monoisotopic (exact) mass is 262 g/mol. The van der Waals surface area contributed by atoms with Crippen LogP contribution in [0.2, 0.25) is 0 Å². The van der Waals surface area contributed by atoms with E-state index in [-0.39, 0.29) is 12.1 Å². The van der Waals surface area contributed by atoms with Gasteiger partial charge in [-0.3, -0.25) is 0 Å². The number of methoxy groups -OCH3 is 1. The highest BCUT2D eigenvalue weighted by Gasteiger charge is 2.24. The first-order valence-electron chi connectivity index (χ1n) is 6.57. The first-order chi connectivity index (χ1) is 9.14. The molecular formula is C15H22N2O2. The lowest BCUT2D eigenvalue weighted by Gasteiger charge is -2.31. The van der Waals surface area contributed by atoms with Gasteiger partial charge in [0, 0.05) is 12.1 Å². The molecule has 0 aromatic heterocycles. The fourth-order valence-electron chi connectivity index (χ4n) is 2.02. The molecule has 0 amide bonds. The van der Waals surface area contributed by atoms with E-state index in [2.05, 4.69) is 25.2 Å². The number of aliphatic hydroxyl groups is 1. The van der Waals surface area contributed by atoms with Gasteiger partial charge in [0.2, 0.25) is 0 Å². The molecule has 19 heavy (non-hydrogen) atoms. The van der Waals surface area contributed by atoms with Crippen molar-refractivity contribution in [1.29, 1.82) is 5.26 Å². The van der Waals surface area contributed by atoms with Crippen LogP contribution in [0.4, 0.5) is 0 Å². The molecule has 4 heteroatoms. The molecule has 104 valence electrons. The summed E-state index contributed by atoms with van der Waals surface area (Å²) in [4.78, 5) is 0. The first-order valence-corrected chi connectivity index (χ1v) is 6.57. The summed E-state index contributed by atoms with van der Waals surface area (Å²) in [7, 11) is 1.55. The van der Waals surface area contributed by atoms with Crippen LogP contribution in [0.15, 0.2) is 18.2 Å². The zero-order valence-electron chi connectivity index (χ0n) is 11.9. The average Bonchev–Trinajstić information content (AvgIpc) is 2.49. The number of nitriles is 1. The standard InChI is InChI=1S/C15H22N2O2/c1-4-15(5-2,11-18)17-10-12-6-7-14(19-3)13(8-12)9-16/h6-8,17-18H,4-5,10-11H2,1-3H3. The second-order valence-electron chi connectivity index (χ2n) is 4.65. The SMILES string of the molecule is CCC(CC)(CO)NCc1ccc(OC)c(C#N)c1. The molecule has 0 bridgehead atoms. The van der Waals surface area contributed by atoms with E-state index >= 15 is 0 Å². The molecule has 0 aliphatic rings. The number of nitrogens with one attached hydrogen (secondary N) is 1. The van der Waals surface area contributed by atoms with Crippen molar-refractivity contribution in [3.8, 4) is 11.8 Å². The van der Waals surface area contributed by atoms with Crippen molar-refractivity contribution in [2.24, 2.45) is 0 Å². The van der Waals surface area contributed by atoms with Gasteiger partial charge >= 0.3 is 0 Å². The minimum absolute atomic E-state index is 0.112. The summed E-state index contributed by atoms with van der Waals surface area (Å²) in [6.45, 7) is 4.85. The molecule has 0 saturated carbocycles. The number of rotatable bonds is 7. The normalized spacial score (nSPS) is 11.1. The molecule has 0 spiro atoms. The molecule has 0 aliphatic carbocycles. The quantitative estimate of drug-likeness (QED) is 0.790. The van der Waals surface area contributed by atoms with Crippen LogP contribution in [0.3, 0.4) is 0 Å². The van der Waals surface area contributed by atoms with Crippen LogP contribution in [0, 0.1) is 11.3 Å². The van der Waals surface area contributed by atoms with Crippen molar-refractivity contribution in [2.45, 2.75) is 38.8 Å². The average molecular weight is 262 g/mol. The van der Waals surface area contributed by atoms with E-state index in [0.717, 1.165) is 18.4 Å². The van der Waals surface area contributed by atoms with Crippen LogP contribution in [-0.4, -0.2) is 24.4 Å². The van der Waals surface area contributed by atoms with Crippen molar-refractivity contribution in [1.82, 2.24) is 5.32 Å². The molecule has 1 aromatic rings. The van der Waals surface area contributed by atoms with Gasteiger partial charge in [0.15, 0.2) is 0 Å². The Morgan fingerprint density at radius 2 is 2.05 bits per heavy atom. The molecule has 1 rings (SSSR count). The zero-order chi connectivity index (χ0) is 14.3. The maximum atomic E-state index is 9.50. The third-order valence-corrected chi connectivity index (χ3v) is 3.71. The highest BCUT2D eigenvalue weighted by atomic mass is 16.5. The van der Waals surface area contributed by atoms with Gasteiger partial charge in [-0.15, -0.1) is 0 Å². The fraction of sp³-hybridized carbons (Fsp3) is 0.533. The van der Waals surface area contributed by atoms with Gasteiger partial charge in [-0.2, -0.15) is 5.26 Å². The number of ether oxygens (including phenoxy) is 1. The second-order valence-corrected chi connectivity index (χ2v) is 4.65. The Balaban J connectivity index is 2.81. The van der Waals surface area contributed by atoms with E-state index in [1.54, 1.807) is 13.2 Å². The number of aliphatic hydroxyl groups excluding tert-OH is 1. The molecular weight excluding hydrogens is 240 g/mol. The summed E-state index contributed by atoms with van der Waals surface area (Å²) in [6, 6.07) is 7.67. The molecule has 0 radical (unpaired) electrons. The summed E-state index contributed by atoms with van der Waals surface area (Å²) in [5, 5.41) is 21.9. The first kappa shape index (κ1) is 15.5. The molecule has 0 heterocycles. The van der Waals surface area contributed by atoms with Crippen molar-refractivity contribution in [3.05, 3.63) is 29.3 Å². The number of hydrogen-bond acceptors (Lipinski definition) is 4. The third kappa shape index (κ3) is 3.69. The summed E-state index contributed by atoms with van der Waals surface area (Å²) in [5.74, 6) is 0.589. The summed E-state index contributed by atoms with van der Waals surface area (Å²) < 4.78 is 5.12. The van der Waals surface area contributed by atoms with Crippen molar-refractivity contribution < 1.29 is 9.84 Å². The number of hydrogen-bond donors (Lipinski definition) is 2. The topological polar surface area (TPSA) is 65.3 Å². The summed E-state index contributed by atoms with van der Waals surface area (Å²) in [6.07, 6.45) is 1.72. The molecule has 4 nitrogen and oxygen atoms in total. The number of benzene rings is 1. The van der Waals surface area contributed by atoms with E-state index in [1.165, 1.54) is 0 Å². The highest BCUT2D eigenvalue weighted by Crippen LogP contribution is 2.20. The van der Waals surface area contributed by atoms with Crippen molar-refractivity contribution in [3.63, 3.8) is 0 Å². The Morgan fingerprint density at radius 1 is 1.37 bits per heavy atom. The van der Waals surface area contributed by atoms with E-state index in [4.69, 9.17) is 10.00 Å². The fourth-order valence-corrected chi connectivity index (χ4v) is 2.02. The van der Waals surface area contributed by atoms with Gasteiger partial charge in [0.25, 0.3) is 0 Å². The maximum absolute atomic E-state index is 9.50. The van der Waals surface area contributed by atoms with Gasteiger partial charge in [0.05, 0.1) is 19.3 Å². The lowest BCUT2D eigenvalue weighted by atomic mass is 9.93. The van der Waals surface area contributed by atoms with Crippen LogP contribution in [0.5, 0.6) is 5.75 Å². The van der Waals surface area contributed by atoms with Crippen LogP contribution < -0.4 is 10.1 Å². The summed E-state index contributed by atoms with van der Waals surface area (Å²) >= 11 is 0. The van der Waals surface area contributed by atoms with Crippen LogP contribution >= 0.6 is 0 Å². The molecule has 0 aliphatic heterocycles. The van der Waals surface area contributed by atoms with E-state index in [9.17, 15) is 5.11 Å². The van der Waals surface area contributed by atoms with Crippen LogP contribution in [0.1, 0.15) is 37.8 Å². The Labute approximate surface area is 115 Å². The minimum Gasteiger partial charge on any atom is -0.495 e. The van der Waals surface area contributed by atoms with Crippen LogP contribution in [0.25, 0.3) is 0 Å². The van der Waals surface area contributed by atoms with Crippen LogP contribution in [-0.2, 0) is 6.54 Å². The van der Waals surface area contributed by atoms with Crippen molar-refractivity contribution >= 4 is 0 Å². The van der Waals surface area contributed by atoms with Gasteiger partial charge in [-0.25, -0.2) is 0 Å². The Morgan fingerprint density at radius 3 is 2.53 bits per heavy atom. The molecule has 0 fully saturated rings. The summed E-state index contributed by atoms with van der Waals surface area (Å²) in [5.41, 5.74) is 1.30. The largest absolute Gasteiger partial charge is 0.495 e. The number of nitrogens with zero attached hydrogens (tertiary/aromatic N) is 1. The second kappa shape index (κ2) is 7.13. The zero-order valence-corrected chi connectivity index (χ0v) is 11.9. The molecule has 0 atom stereocenters. The third-order valence-electron chi connectivity index (χ3n) is 3.71. The Bertz CT molecular complexity index is 440. The van der Waals surface area contributed by atoms with Gasteiger partial charge in [-0.1, -0.05) is 19.9 Å². The van der Waals surface area contributed by atoms with E-state index in [0.29, 0.717) is 17.9 Å². The van der Waals surface area contributed by atoms with Gasteiger partial charge in [-0.05, 0) is 30.5 Å². The van der Waals surface area contributed by atoms with Gasteiger partial charge < -0.3 is 15.2 Å². The smallest absolute Gasteiger partial charge is 0.136 e. The lowest BCUT2D eigenvalue weighted by Crippen LogP contribution is -2.47. The molecule has 0 unspecified atom stereocenters. The highest BCUT2D eigenvalue weighted by molar-refractivity contribution is 5.45. The maximum Gasteiger partial charge on any atom is 0.136 e. The Hall–Kier alpha value is -1.57. The van der Waals surface area contributed by atoms with Crippen molar-refractivity contribution in [2.75, 3.05) is 13.7 Å². The van der Waals surface area contributed by atoms with Gasteiger partial charge in [0.1, 0.15) is 11.8 Å². The molecule has 2 N–H and O–H groups in total. The predicted molar refractivity (Wildman–Crippen MR) is 74.9 cm³/mol. The predicted octanol–water partition coefficient (Wildman–Crippen LogP) is 2.21. The lowest BCUT2D eigenvalue weighted by molar-refractivity contribution is 0.149.